The van der Waals surface area contributed by atoms with E-state index >= 15 is 0 Å². The zero-order valence-corrected chi connectivity index (χ0v) is 33.2. The van der Waals surface area contributed by atoms with Crippen molar-refractivity contribution in [3.63, 3.8) is 0 Å². The number of rotatable bonds is 10. The average molecular weight is 783 g/mol. The van der Waals surface area contributed by atoms with Gasteiger partial charge in [-0.15, -0.1) is 0 Å². The third kappa shape index (κ3) is 6.05. The van der Waals surface area contributed by atoms with Gasteiger partial charge in [-0.1, -0.05) is 40.7 Å². The Kier molecular flexibility index (Phi) is 11.0. The lowest BCUT2D eigenvalue weighted by molar-refractivity contribution is -0.366. The number of fused-ring (bicyclic) bond motifs is 2. The highest BCUT2D eigenvalue weighted by atomic mass is 16.8. The Balaban J connectivity index is 1.08. The average Bonchev–Trinajstić information content (AvgIpc) is 3.73. The maximum Gasteiger partial charge on any atom is 0.330 e. The van der Waals surface area contributed by atoms with E-state index in [-0.39, 0.29) is 52.6 Å². The van der Waals surface area contributed by atoms with Gasteiger partial charge < -0.3 is 64.9 Å². The second-order valence-electron chi connectivity index (χ2n) is 19.6. The molecule has 2 aliphatic heterocycles. The normalized spacial score (nSPS) is 53.7. The summed E-state index contributed by atoms with van der Waals surface area (Å²) in [6.45, 7) is 11.8. The first-order chi connectivity index (χ1) is 25.7. The molecule has 7 aliphatic rings. The summed E-state index contributed by atoms with van der Waals surface area (Å²) in [5.74, 6) is -0.172. The molecule has 314 valence electrons. The van der Waals surface area contributed by atoms with Gasteiger partial charge in [-0.2, -0.15) is 0 Å². The molecule has 7 fully saturated rings. The number of allylic oxidation sites excluding steroid dienone is 1. The molecule has 2 heterocycles. The van der Waals surface area contributed by atoms with E-state index in [1.54, 1.807) is 13.0 Å². The van der Waals surface area contributed by atoms with Gasteiger partial charge in [0.05, 0.1) is 31.5 Å². The summed E-state index contributed by atoms with van der Waals surface area (Å²) in [7, 11) is 0. The van der Waals surface area contributed by atoms with E-state index in [2.05, 4.69) is 34.6 Å². The smallest absolute Gasteiger partial charge is 0.330 e. The summed E-state index contributed by atoms with van der Waals surface area (Å²) in [5, 5.41) is 96.3. The third-order valence-corrected chi connectivity index (χ3v) is 17.2. The number of aliphatic hydroxyl groups excluding tert-OH is 8. The lowest BCUT2D eigenvalue weighted by Gasteiger charge is -2.65. The van der Waals surface area contributed by atoms with Gasteiger partial charge in [-0.25, -0.2) is 4.79 Å². The predicted molar refractivity (Wildman–Crippen MR) is 195 cm³/mol. The second-order valence-corrected chi connectivity index (χ2v) is 19.6. The highest BCUT2D eigenvalue weighted by Gasteiger charge is 2.85. The minimum Gasteiger partial charge on any atom is -0.478 e. The molecule has 9 N–H and O–H groups in total. The SMILES string of the molecule is C/C(=C\CC[C@@H](C)[C@@H]1C[C@@H](O)[C@@]2(C)[C@@H]3CC[C@H]4C(C)(C)[C@@H](O[C@@H]5OC[C@H](O)[C@H](O)[C@H]5O[C@@H]5O[C@@H](CO)[C@H](O)[C@@H](O)[C@@H]5O)CC[C@@]45C[C@@]35C[C@H](O)[C@]12C)C(=O)O. The van der Waals surface area contributed by atoms with Gasteiger partial charge in [0.1, 0.15) is 42.7 Å². The lowest BCUT2D eigenvalue weighted by atomic mass is 9.40. The molecule has 55 heavy (non-hydrogen) atoms. The molecule has 14 heteroatoms. The fourth-order valence-electron chi connectivity index (χ4n) is 13.9. The van der Waals surface area contributed by atoms with Gasteiger partial charge in [-0.05, 0) is 105 Å². The van der Waals surface area contributed by atoms with Gasteiger partial charge in [0, 0.05) is 16.4 Å². The van der Waals surface area contributed by atoms with Crippen molar-refractivity contribution in [2.75, 3.05) is 13.2 Å². The van der Waals surface area contributed by atoms with Gasteiger partial charge in [0.15, 0.2) is 12.6 Å². The number of hydrogen-bond acceptors (Lipinski definition) is 13. The van der Waals surface area contributed by atoms with E-state index in [0.717, 1.165) is 32.1 Å². The molecule has 20 atom stereocenters. The van der Waals surface area contributed by atoms with Crippen LogP contribution >= 0.6 is 0 Å². The molecule has 0 aromatic heterocycles. The van der Waals surface area contributed by atoms with Crippen LogP contribution in [0.5, 0.6) is 0 Å². The van der Waals surface area contributed by atoms with Crippen molar-refractivity contribution in [3.05, 3.63) is 11.6 Å². The maximum absolute atomic E-state index is 12.4. The number of carboxylic acid groups (broad SMARTS) is 1. The molecule has 5 aliphatic carbocycles. The molecule has 5 saturated carbocycles. The van der Waals surface area contributed by atoms with Crippen molar-refractivity contribution >= 4 is 5.97 Å². The Labute approximate surface area is 323 Å². The van der Waals surface area contributed by atoms with Gasteiger partial charge >= 0.3 is 5.97 Å². The van der Waals surface area contributed by atoms with Gasteiger partial charge in [0.25, 0.3) is 0 Å². The quantitative estimate of drug-likeness (QED) is 0.113. The fraction of sp³-hybridized carbons (Fsp3) is 0.927. The zero-order chi connectivity index (χ0) is 40.2. The summed E-state index contributed by atoms with van der Waals surface area (Å²) in [4.78, 5) is 11.4. The summed E-state index contributed by atoms with van der Waals surface area (Å²) in [6, 6.07) is 0. The Bertz CT molecular complexity index is 1470. The van der Waals surface area contributed by atoms with Crippen LogP contribution in [0.25, 0.3) is 0 Å². The van der Waals surface area contributed by atoms with Crippen LogP contribution in [0.3, 0.4) is 0 Å². The predicted octanol–water partition coefficient (Wildman–Crippen LogP) is 1.46. The van der Waals surface area contributed by atoms with E-state index in [0.29, 0.717) is 31.3 Å². The number of hydrogen-bond donors (Lipinski definition) is 9. The van der Waals surface area contributed by atoms with Crippen LogP contribution in [0.1, 0.15) is 99.3 Å². The highest BCUT2D eigenvalue weighted by Crippen LogP contribution is 2.89. The Morgan fingerprint density at radius 1 is 0.855 bits per heavy atom. The van der Waals surface area contributed by atoms with Gasteiger partial charge in [-0.3, -0.25) is 0 Å². The standard InChI is InChI=1S/C41H66O14/c1-19(8-7-9-20(2)34(50)51)21-14-26(44)39(6)25-11-10-24-37(3,4)28(12-13-40(24)18-41(25,40)15-27(45)38(21,39)5)54-36-33(29(46)22(43)17-52-36)55-35-32(49)31(48)30(47)23(16-42)53-35/h9,19,21-33,35-36,42-49H,7-8,10-18H2,1-6H3,(H,50,51)/b20-9+/t19-,21+,22+,23+,24+,25+,26-,27+,28+,29+,30+,31-,32+,33-,35+,36+,38+,39-,40-,41+/m1/s1. The number of carbonyl (C=O) groups is 1. The molecule has 0 amide bonds. The number of aliphatic carboxylic acids is 1. The van der Waals surface area contributed by atoms with Crippen LogP contribution in [0.15, 0.2) is 11.6 Å². The Morgan fingerprint density at radius 3 is 2.22 bits per heavy atom. The van der Waals surface area contributed by atoms with E-state index < -0.39 is 90.9 Å². The molecule has 0 aromatic rings. The molecular weight excluding hydrogens is 716 g/mol. The minimum atomic E-state index is -1.71. The Hall–Kier alpha value is -1.27. The van der Waals surface area contributed by atoms with E-state index in [1.165, 1.54) is 0 Å². The molecule has 7 rings (SSSR count). The van der Waals surface area contributed by atoms with Crippen LogP contribution in [0.4, 0.5) is 0 Å². The minimum absolute atomic E-state index is 0.0392. The number of carboxylic acids is 1. The summed E-state index contributed by atoms with van der Waals surface area (Å²) < 4.78 is 24.2. The molecule has 14 nitrogen and oxygen atoms in total. The van der Waals surface area contributed by atoms with E-state index in [4.69, 9.17) is 18.9 Å². The monoisotopic (exact) mass is 782 g/mol. The van der Waals surface area contributed by atoms with Crippen LogP contribution in [0.2, 0.25) is 0 Å². The lowest BCUT2D eigenvalue weighted by Crippen LogP contribution is -2.65. The number of ether oxygens (including phenoxy) is 4. The first-order valence-electron chi connectivity index (χ1n) is 20.6. The van der Waals surface area contributed by atoms with Crippen LogP contribution in [0, 0.1) is 50.7 Å². The molecule has 0 bridgehead atoms. The van der Waals surface area contributed by atoms with Crippen LogP contribution in [-0.2, 0) is 23.7 Å². The molecule has 0 aromatic carbocycles. The maximum atomic E-state index is 12.4. The van der Waals surface area contributed by atoms with Crippen LogP contribution in [-0.4, -0.2) is 139 Å². The number of aliphatic hydroxyl groups is 8. The zero-order valence-electron chi connectivity index (χ0n) is 33.2. The van der Waals surface area contributed by atoms with Crippen molar-refractivity contribution in [2.45, 2.75) is 173 Å². The topological polar surface area (TPSA) is 236 Å². The van der Waals surface area contributed by atoms with E-state index in [1.807, 2.05) is 0 Å². The highest BCUT2D eigenvalue weighted by molar-refractivity contribution is 5.85. The first-order valence-corrected chi connectivity index (χ1v) is 20.6. The van der Waals surface area contributed by atoms with Crippen molar-refractivity contribution in [2.24, 2.45) is 50.7 Å². The van der Waals surface area contributed by atoms with Crippen LogP contribution < -0.4 is 0 Å². The van der Waals surface area contributed by atoms with Crippen molar-refractivity contribution in [1.29, 1.82) is 0 Å². The molecule has 2 saturated heterocycles. The molecule has 0 radical (unpaired) electrons. The summed E-state index contributed by atoms with van der Waals surface area (Å²) >= 11 is 0. The van der Waals surface area contributed by atoms with E-state index in [9.17, 15) is 50.8 Å². The molecular formula is C41H66O14. The van der Waals surface area contributed by atoms with Crippen molar-refractivity contribution in [1.82, 2.24) is 0 Å². The summed E-state index contributed by atoms with van der Waals surface area (Å²) in [5.41, 5.74) is -1.21. The largest absolute Gasteiger partial charge is 0.478 e. The third-order valence-electron chi connectivity index (χ3n) is 17.2. The first kappa shape index (κ1) is 41.9. The Morgan fingerprint density at radius 2 is 1.55 bits per heavy atom. The van der Waals surface area contributed by atoms with Crippen molar-refractivity contribution < 1.29 is 69.7 Å². The second kappa shape index (κ2) is 14.5. The van der Waals surface area contributed by atoms with Crippen molar-refractivity contribution in [3.8, 4) is 0 Å². The summed E-state index contributed by atoms with van der Waals surface area (Å²) in [6.07, 6.45) is -5.78. The van der Waals surface area contributed by atoms with Gasteiger partial charge in [0.2, 0.25) is 0 Å². The molecule has 2 spiro atoms. The fourth-order valence-corrected chi connectivity index (χ4v) is 13.9. The molecule has 0 unspecified atom stereocenters.